The van der Waals surface area contributed by atoms with Gasteiger partial charge in [0.2, 0.25) is 0 Å². The first-order valence-corrected chi connectivity index (χ1v) is 7.20. The Balaban J connectivity index is 1.68. The molecule has 0 saturated heterocycles. The van der Waals surface area contributed by atoms with E-state index in [9.17, 15) is 0 Å². The molecule has 2 heteroatoms. The maximum Gasteiger partial charge on any atom is 0.119 e. The molecule has 0 atom stereocenters. The summed E-state index contributed by atoms with van der Waals surface area (Å²) in [7, 11) is 0. The first kappa shape index (κ1) is 13.4. The monoisotopic (exact) mass is 247 g/mol. The highest BCUT2D eigenvalue weighted by molar-refractivity contribution is 5.29. The summed E-state index contributed by atoms with van der Waals surface area (Å²) in [5.74, 6) is 1.78. The number of nitrogens with one attached hydrogen (secondary N) is 1. The third-order valence-corrected chi connectivity index (χ3v) is 3.10. The van der Waals surface area contributed by atoms with Crippen LogP contribution in [0.5, 0.6) is 5.75 Å². The minimum Gasteiger partial charge on any atom is -0.490 e. The lowest BCUT2D eigenvalue weighted by molar-refractivity contribution is 0.303. The van der Waals surface area contributed by atoms with Crippen molar-refractivity contribution in [3.63, 3.8) is 0 Å². The molecule has 1 aliphatic carbocycles. The summed E-state index contributed by atoms with van der Waals surface area (Å²) < 4.78 is 5.81. The van der Waals surface area contributed by atoms with Gasteiger partial charge in [0.25, 0.3) is 0 Å². The Morgan fingerprint density at radius 1 is 1.33 bits per heavy atom. The van der Waals surface area contributed by atoms with Gasteiger partial charge in [0.15, 0.2) is 0 Å². The number of hydrogen-bond donors (Lipinski definition) is 1. The van der Waals surface area contributed by atoms with Crippen molar-refractivity contribution in [3.05, 3.63) is 29.8 Å². The zero-order valence-corrected chi connectivity index (χ0v) is 11.6. The second kappa shape index (κ2) is 6.79. The molecule has 0 aromatic heterocycles. The quantitative estimate of drug-likeness (QED) is 0.711. The molecular formula is C16H25NO. The van der Waals surface area contributed by atoms with E-state index < -0.39 is 0 Å². The van der Waals surface area contributed by atoms with Gasteiger partial charge in [-0.1, -0.05) is 26.0 Å². The van der Waals surface area contributed by atoms with Gasteiger partial charge in [0, 0.05) is 0 Å². The van der Waals surface area contributed by atoms with E-state index in [1.54, 1.807) is 0 Å². The summed E-state index contributed by atoms with van der Waals surface area (Å²) in [6, 6.07) is 8.57. The van der Waals surface area contributed by atoms with E-state index in [1.807, 2.05) is 0 Å². The van der Waals surface area contributed by atoms with Gasteiger partial charge < -0.3 is 10.1 Å². The minimum absolute atomic E-state index is 0.493. The summed E-state index contributed by atoms with van der Waals surface area (Å²) in [5.41, 5.74) is 1.39. The highest BCUT2D eigenvalue weighted by Gasteiger charge is 2.23. The second-order valence-corrected chi connectivity index (χ2v) is 5.67. The van der Waals surface area contributed by atoms with Crippen LogP contribution in [-0.4, -0.2) is 19.2 Å². The number of hydrogen-bond acceptors (Lipinski definition) is 2. The van der Waals surface area contributed by atoms with E-state index in [0.717, 1.165) is 31.2 Å². The highest BCUT2D eigenvalue weighted by atomic mass is 16.5. The van der Waals surface area contributed by atoms with Crippen molar-refractivity contribution in [2.75, 3.05) is 13.1 Å². The zero-order chi connectivity index (χ0) is 12.8. The maximum atomic E-state index is 5.81. The molecule has 1 fully saturated rings. The van der Waals surface area contributed by atoms with Crippen LogP contribution in [0.1, 0.15) is 38.7 Å². The zero-order valence-electron chi connectivity index (χ0n) is 11.6. The van der Waals surface area contributed by atoms with Crippen molar-refractivity contribution in [3.8, 4) is 5.75 Å². The second-order valence-electron chi connectivity index (χ2n) is 5.67. The van der Waals surface area contributed by atoms with Gasteiger partial charge in [-0.2, -0.15) is 0 Å². The van der Waals surface area contributed by atoms with Gasteiger partial charge in [-0.3, -0.25) is 0 Å². The fourth-order valence-electron chi connectivity index (χ4n) is 1.96. The van der Waals surface area contributed by atoms with E-state index in [0.29, 0.717) is 6.10 Å². The van der Waals surface area contributed by atoms with E-state index in [2.05, 4.69) is 43.4 Å². The Labute approximate surface area is 111 Å². The van der Waals surface area contributed by atoms with Crippen molar-refractivity contribution in [1.82, 2.24) is 5.32 Å². The van der Waals surface area contributed by atoms with Gasteiger partial charge in [-0.05, 0) is 62.4 Å². The summed E-state index contributed by atoms with van der Waals surface area (Å²) in [6.07, 6.45) is 5.27. The van der Waals surface area contributed by atoms with Gasteiger partial charge >= 0.3 is 0 Å². The molecule has 0 heterocycles. The largest absolute Gasteiger partial charge is 0.490 e. The Morgan fingerprint density at radius 3 is 2.89 bits per heavy atom. The predicted molar refractivity (Wildman–Crippen MR) is 76.1 cm³/mol. The Hall–Kier alpha value is -1.02. The first-order valence-electron chi connectivity index (χ1n) is 7.20. The lowest BCUT2D eigenvalue weighted by Gasteiger charge is -2.08. The number of benzene rings is 1. The molecule has 2 rings (SSSR count). The van der Waals surface area contributed by atoms with Crippen LogP contribution in [0.3, 0.4) is 0 Å². The number of aryl methyl sites for hydroxylation is 1. The molecule has 1 aromatic rings. The third-order valence-electron chi connectivity index (χ3n) is 3.10. The predicted octanol–water partition coefficient (Wildman–Crippen LogP) is 3.41. The fraction of sp³-hybridized carbons (Fsp3) is 0.625. The van der Waals surface area contributed by atoms with Gasteiger partial charge in [-0.15, -0.1) is 0 Å². The van der Waals surface area contributed by atoms with Gasteiger partial charge in [0.05, 0.1) is 6.10 Å². The highest BCUT2D eigenvalue weighted by Crippen LogP contribution is 2.27. The number of ether oxygens (including phenoxy) is 1. The molecule has 100 valence electrons. The molecule has 0 unspecified atom stereocenters. The first-order chi connectivity index (χ1) is 8.74. The topological polar surface area (TPSA) is 21.3 Å². The molecule has 0 spiro atoms. The van der Waals surface area contributed by atoms with Crippen LogP contribution in [-0.2, 0) is 6.42 Å². The van der Waals surface area contributed by atoms with Crippen LogP contribution in [0.25, 0.3) is 0 Å². The average molecular weight is 247 g/mol. The van der Waals surface area contributed by atoms with Gasteiger partial charge in [-0.25, -0.2) is 0 Å². The van der Waals surface area contributed by atoms with Crippen LogP contribution in [0, 0.1) is 5.92 Å². The molecule has 18 heavy (non-hydrogen) atoms. The molecule has 0 aliphatic heterocycles. The lowest BCUT2D eigenvalue weighted by Crippen LogP contribution is -2.21. The number of rotatable bonds is 8. The van der Waals surface area contributed by atoms with Crippen LogP contribution in [0.2, 0.25) is 0 Å². The van der Waals surface area contributed by atoms with E-state index in [1.165, 1.54) is 24.8 Å². The Kier molecular flexibility index (Phi) is 5.06. The summed E-state index contributed by atoms with van der Waals surface area (Å²) in [4.78, 5) is 0. The van der Waals surface area contributed by atoms with Crippen molar-refractivity contribution < 1.29 is 4.74 Å². The molecule has 0 bridgehead atoms. The molecule has 1 saturated carbocycles. The van der Waals surface area contributed by atoms with Crippen LogP contribution in [0.15, 0.2) is 24.3 Å². The Bertz CT molecular complexity index is 358. The molecular weight excluding hydrogens is 222 g/mol. The Morgan fingerprint density at radius 2 is 2.17 bits per heavy atom. The standard InChI is InChI=1S/C16H25NO/c1-13(2)12-17-10-4-6-14-5-3-7-16(11-14)18-15-8-9-15/h3,5,7,11,13,15,17H,4,6,8-10,12H2,1-2H3. The van der Waals surface area contributed by atoms with Gasteiger partial charge in [0.1, 0.15) is 5.75 Å². The fourth-order valence-corrected chi connectivity index (χ4v) is 1.96. The average Bonchev–Trinajstić information content (AvgIpc) is 3.13. The molecule has 2 nitrogen and oxygen atoms in total. The lowest BCUT2D eigenvalue weighted by atomic mass is 10.1. The van der Waals surface area contributed by atoms with Crippen molar-refractivity contribution in [1.29, 1.82) is 0 Å². The SMILES string of the molecule is CC(C)CNCCCc1cccc(OC2CC2)c1. The van der Waals surface area contributed by atoms with Crippen molar-refractivity contribution >= 4 is 0 Å². The molecule has 1 N–H and O–H groups in total. The van der Waals surface area contributed by atoms with Crippen LogP contribution in [0.4, 0.5) is 0 Å². The van der Waals surface area contributed by atoms with E-state index >= 15 is 0 Å². The van der Waals surface area contributed by atoms with Crippen molar-refractivity contribution in [2.24, 2.45) is 5.92 Å². The summed E-state index contributed by atoms with van der Waals surface area (Å²) in [6.45, 7) is 6.70. The van der Waals surface area contributed by atoms with E-state index in [-0.39, 0.29) is 0 Å². The normalized spacial score (nSPS) is 15.1. The summed E-state index contributed by atoms with van der Waals surface area (Å²) in [5, 5.41) is 3.48. The summed E-state index contributed by atoms with van der Waals surface area (Å²) >= 11 is 0. The van der Waals surface area contributed by atoms with Crippen LogP contribution < -0.4 is 10.1 Å². The molecule has 0 radical (unpaired) electrons. The molecule has 0 amide bonds. The molecule has 1 aliphatic rings. The maximum absolute atomic E-state index is 5.81. The van der Waals surface area contributed by atoms with Crippen LogP contribution >= 0.6 is 0 Å². The van der Waals surface area contributed by atoms with E-state index in [4.69, 9.17) is 4.74 Å². The smallest absolute Gasteiger partial charge is 0.119 e. The third kappa shape index (κ3) is 5.09. The van der Waals surface area contributed by atoms with Crippen molar-refractivity contribution in [2.45, 2.75) is 45.6 Å². The molecule has 1 aromatic carbocycles. The minimum atomic E-state index is 0.493.